The molecule has 6 nitrogen and oxygen atoms in total. The van der Waals surface area contributed by atoms with E-state index in [1.807, 2.05) is 36.4 Å². The first-order valence-electron chi connectivity index (χ1n) is 9.46. The summed E-state index contributed by atoms with van der Waals surface area (Å²) in [6.45, 7) is 1.77. The molecular formula is C23H24N2O4S. The molecule has 0 bridgehead atoms. The Morgan fingerprint density at radius 3 is 2.20 bits per heavy atom. The average Bonchev–Trinajstić information content (AvgIpc) is 2.74. The van der Waals surface area contributed by atoms with E-state index >= 15 is 0 Å². The highest BCUT2D eigenvalue weighted by molar-refractivity contribution is 7.89. The Labute approximate surface area is 177 Å². The summed E-state index contributed by atoms with van der Waals surface area (Å²) in [6, 6.07) is 21.8. The number of sulfonamides is 1. The topological polar surface area (TPSA) is 84.5 Å². The largest absolute Gasteiger partial charge is 0.496 e. The monoisotopic (exact) mass is 424 g/mol. The zero-order chi connectivity index (χ0) is 21.6. The lowest BCUT2D eigenvalue weighted by Gasteiger charge is -2.19. The first kappa shape index (κ1) is 21.5. The zero-order valence-electron chi connectivity index (χ0n) is 16.8. The molecule has 7 heteroatoms. The minimum absolute atomic E-state index is 0.0753. The fourth-order valence-electron chi connectivity index (χ4n) is 3.06. The van der Waals surface area contributed by atoms with Crippen molar-refractivity contribution in [2.75, 3.05) is 12.4 Å². The van der Waals surface area contributed by atoms with E-state index in [0.29, 0.717) is 17.0 Å². The molecule has 1 atom stereocenters. The Morgan fingerprint density at radius 1 is 0.967 bits per heavy atom. The number of methoxy groups -OCH3 is 1. The second kappa shape index (κ2) is 9.56. The standard InChI is InChI=1S/C23H24N2O4S/c1-17-15-20(13-14-22(17)29-2)30(27,28)25-21(16-18-9-5-3-6-10-18)23(26)24-19-11-7-4-8-12-19/h3-15,21,25H,16H2,1-2H3,(H,24,26). The van der Waals surface area contributed by atoms with Crippen LogP contribution in [0.15, 0.2) is 83.8 Å². The maximum absolute atomic E-state index is 13.0. The normalized spacial score (nSPS) is 12.2. The lowest BCUT2D eigenvalue weighted by Crippen LogP contribution is -2.45. The third-order valence-electron chi connectivity index (χ3n) is 4.61. The van der Waals surface area contributed by atoms with Crippen LogP contribution in [-0.4, -0.2) is 27.5 Å². The van der Waals surface area contributed by atoms with Crippen molar-refractivity contribution in [2.45, 2.75) is 24.3 Å². The molecule has 156 valence electrons. The first-order chi connectivity index (χ1) is 14.4. The summed E-state index contributed by atoms with van der Waals surface area (Å²) in [4.78, 5) is 13.0. The van der Waals surface area contributed by atoms with Crippen LogP contribution in [0.3, 0.4) is 0 Å². The number of benzene rings is 3. The van der Waals surface area contributed by atoms with E-state index in [4.69, 9.17) is 4.74 Å². The van der Waals surface area contributed by atoms with Crippen LogP contribution < -0.4 is 14.8 Å². The van der Waals surface area contributed by atoms with Crippen LogP contribution >= 0.6 is 0 Å². The van der Waals surface area contributed by atoms with Crippen molar-refractivity contribution >= 4 is 21.6 Å². The van der Waals surface area contributed by atoms with Crippen LogP contribution in [0.5, 0.6) is 5.75 Å². The summed E-state index contributed by atoms with van der Waals surface area (Å²) in [6.07, 6.45) is 0.216. The van der Waals surface area contributed by atoms with Crippen molar-refractivity contribution in [1.82, 2.24) is 4.72 Å². The van der Waals surface area contributed by atoms with Gasteiger partial charge in [0, 0.05) is 5.69 Å². The van der Waals surface area contributed by atoms with E-state index in [-0.39, 0.29) is 11.3 Å². The fourth-order valence-corrected chi connectivity index (χ4v) is 4.34. The van der Waals surface area contributed by atoms with Gasteiger partial charge in [0.2, 0.25) is 15.9 Å². The summed E-state index contributed by atoms with van der Waals surface area (Å²) in [7, 11) is -2.40. The molecule has 3 rings (SSSR count). The van der Waals surface area contributed by atoms with E-state index in [0.717, 1.165) is 5.56 Å². The van der Waals surface area contributed by atoms with Crippen molar-refractivity contribution in [3.63, 3.8) is 0 Å². The Hall–Kier alpha value is -3.16. The number of aryl methyl sites for hydroxylation is 1. The van der Waals surface area contributed by atoms with Crippen LogP contribution in [0.4, 0.5) is 5.69 Å². The van der Waals surface area contributed by atoms with E-state index in [2.05, 4.69) is 10.0 Å². The van der Waals surface area contributed by atoms with Crippen molar-refractivity contribution in [3.8, 4) is 5.75 Å². The molecule has 0 aliphatic heterocycles. The Morgan fingerprint density at radius 2 is 1.60 bits per heavy atom. The molecule has 0 fully saturated rings. The van der Waals surface area contributed by atoms with Gasteiger partial charge in [-0.2, -0.15) is 4.72 Å². The van der Waals surface area contributed by atoms with Gasteiger partial charge in [-0.1, -0.05) is 48.5 Å². The van der Waals surface area contributed by atoms with Crippen molar-refractivity contribution in [1.29, 1.82) is 0 Å². The molecule has 0 saturated carbocycles. The fraction of sp³-hybridized carbons (Fsp3) is 0.174. The van der Waals surface area contributed by atoms with Gasteiger partial charge in [0.05, 0.1) is 12.0 Å². The van der Waals surface area contributed by atoms with E-state index in [1.165, 1.54) is 19.2 Å². The maximum atomic E-state index is 13.0. The number of para-hydroxylation sites is 1. The molecule has 0 spiro atoms. The number of rotatable bonds is 8. The van der Waals surface area contributed by atoms with Gasteiger partial charge in [-0.3, -0.25) is 4.79 Å². The molecule has 30 heavy (non-hydrogen) atoms. The van der Waals surface area contributed by atoms with Gasteiger partial charge < -0.3 is 10.1 Å². The summed E-state index contributed by atoms with van der Waals surface area (Å²) in [5, 5.41) is 2.78. The molecule has 3 aromatic carbocycles. The minimum Gasteiger partial charge on any atom is -0.496 e. The van der Waals surface area contributed by atoms with Crippen LogP contribution in [0, 0.1) is 6.92 Å². The third kappa shape index (κ3) is 5.46. The van der Waals surface area contributed by atoms with Gasteiger partial charge in [0.1, 0.15) is 11.8 Å². The Kier molecular flexibility index (Phi) is 6.87. The van der Waals surface area contributed by atoms with E-state index in [1.54, 1.807) is 37.3 Å². The molecule has 0 aromatic heterocycles. The van der Waals surface area contributed by atoms with Gasteiger partial charge in [0.15, 0.2) is 0 Å². The van der Waals surface area contributed by atoms with Crippen LogP contribution in [0.25, 0.3) is 0 Å². The van der Waals surface area contributed by atoms with Gasteiger partial charge in [-0.05, 0) is 54.8 Å². The van der Waals surface area contributed by atoms with Gasteiger partial charge in [-0.15, -0.1) is 0 Å². The van der Waals surface area contributed by atoms with Crippen molar-refractivity contribution < 1.29 is 17.9 Å². The van der Waals surface area contributed by atoms with Crippen LogP contribution in [0.1, 0.15) is 11.1 Å². The Balaban J connectivity index is 1.87. The highest BCUT2D eigenvalue weighted by atomic mass is 32.2. The average molecular weight is 425 g/mol. The highest BCUT2D eigenvalue weighted by Crippen LogP contribution is 2.22. The maximum Gasteiger partial charge on any atom is 0.242 e. The molecule has 0 radical (unpaired) electrons. The second-order valence-corrected chi connectivity index (χ2v) is 8.56. The number of hydrogen-bond acceptors (Lipinski definition) is 4. The molecule has 3 aromatic rings. The smallest absolute Gasteiger partial charge is 0.242 e. The summed E-state index contributed by atoms with van der Waals surface area (Å²) < 4.78 is 33.8. The van der Waals surface area contributed by atoms with E-state index < -0.39 is 22.0 Å². The summed E-state index contributed by atoms with van der Waals surface area (Å²) in [5.74, 6) is 0.162. The Bertz CT molecular complexity index is 1100. The summed E-state index contributed by atoms with van der Waals surface area (Å²) in [5.41, 5.74) is 2.13. The van der Waals surface area contributed by atoms with Gasteiger partial charge >= 0.3 is 0 Å². The molecule has 1 unspecified atom stereocenters. The number of carbonyl (C=O) groups excluding carboxylic acids is 1. The van der Waals surface area contributed by atoms with Crippen molar-refractivity contribution in [2.24, 2.45) is 0 Å². The summed E-state index contributed by atoms with van der Waals surface area (Å²) >= 11 is 0. The minimum atomic E-state index is -3.93. The second-order valence-electron chi connectivity index (χ2n) is 6.85. The zero-order valence-corrected chi connectivity index (χ0v) is 17.6. The quantitative estimate of drug-likeness (QED) is 0.579. The van der Waals surface area contributed by atoms with Crippen LogP contribution in [0.2, 0.25) is 0 Å². The predicted octanol–water partition coefficient (Wildman–Crippen LogP) is 3.53. The molecule has 1 amide bonds. The third-order valence-corrected chi connectivity index (χ3v) is 6.08. The molecular weight excluding hydrogens is 400 g/mol. The molecule has 2 N–H and O–H groups in total. The molecule has 0 aliphatic rings. The number of anilines is 1. The first-order valence-corrected chi connectivity index (χ1v) is 10.9. The van der Waals surface area contributed by atoms with Crippen LogP contribution in [-0.2, 0) is 21.2 Å². The lowest BCUT2D eigenvalue weighted by atomic mass is 10.1. The number of ether oxygens (including phenoxy) is 1. The van der Waals surface area contributed by atoms with E-state index in [9.17, 15) is 13.2 Å². The number of nitrogens with one attached hydrogen (secondary N) is 2. The molecule has 0 saturated heterocycles. The SMILES string of the molecule is COc1ccc(S(=O)(=O)NC(Cc2ccccc2)C(=O)Nc2ccccc2)cc1C. The van der Waals surface area contributed by atoms with Gasteiger partial charge in [0.25, 0.3) is 0 Å². The predicted molar refractivity (Wildman–Crippen MR) is 117 cm³/mol. The lowest BCUT2D eigenvalue weighted by molar-refractivity contribution is -0.117. The number of amides is 1. The molecule has 0 heterocycles. The molecule has 0 aliphatic carbocycles. The number of carbonyl (C=O) groups is 1. The number of hydrogen-bond donors (Lipinski definition) is 2. The van der Waals surface area contributed by atoms with Crippen molar-refractivity contribution in [3.05, 3.63) is 90.0 Å². The highest BCUT2D eigenvalue weighted by Gasteiger charge is 2.26. The van der Waals surface area contributed by atoms with Gasteiger partial charge in [-0.25, -0.2) is 8.42 Å².